The number of para-hydroxylation sites is 1. The van der Waals surface area contributed by atoms with Gasteiger partial charge in [0.15, 0.2) is 0 Å². The number of nitrogens with zero attached hydrogens (tertiary/aromatic N) is 1. The van der Waals surface area contributed by atoms with Crippen LogP contribution < -0.4 is 15.8 Å². The van der Waals surface area contributed by atoms with E-state index in [1.165, 1.54) is 12.1 Å². The lowest BCUT2D eigenvalue weighted by molar-refractivity contribution is -0.0498. The van der Waals surface area contributed by atoms with Crippen molar-refractivity contribution in [3.8, 4) is 5.75 Å². The molecule has 2 aromatic carbocycles. The van der Waals surface area contributed by atoms with Crippen molar-refractivity contribution >= 4 is 17.3 Å². The van der Waals surface area contributed by atoms with E-state index in [2.05, 4.69) is 10.1 Å². The third kappa shape index (κ3) is 4.49. The van der Waals surface area contributed by atoms with Crippen LogP contribution in [0.15, 0.2) is 48.5 Å². The monoisotopic (exact) mass is 361 g/mol. The Labute approximate surface area is 150 Å². The first kappa shape index (κ1) is 18.1. The van der Waals surface area contributed by atoms with E-state index in [1.807, 2.05) is 12.1 Å². The van der Waals surface area contributed by atoms with E-state index in [0.29, 0.717) is 30.0 Å². The predicted octanol–water partition coefficient (Wildman–Crippen LogP) is 3.59. The fraction of sp³-hybridized carbons (Fsp3) is 0.316. The molecule has 1 atom stereocenters. The molecule has 0 spiro atoms. The number of anilines is 2. The van der Waals surface area contributed by atoms with Gasteiger partial charge in [-0.05, 0) is 49.2 Å². The van der Waals surface area contributed by atoms with Crippen LogP contribution in [-0.4, -0.2) is 36.5 Å². The largest absolute Gasteiger partial charge is 0.435 e. The van der Waals surface area contributed by atoms with Crippen molar-refractivity contribution in [1.29, 1.82) is 0 Å². The summed E-state index contributed by atoms with van der Waals surface area (Å²) < 4.78 is 28.8. The molecule has 1 aliphatic heterocycles. The fourth-order valence-electron chi connectivity index (χ4n) is 3.02. The number of nitrogens with two attached hydrogens (primary N) is 1. The lowest BCUT2D eigenvalue weighted by Gasteiger charge is -2.31. The van der Waals surface area contributed by atoms with Crippen LogP contribution in [0, 0.1) is 0 Å². The van der Waals surface area contributed by atoms with Crippen LogP contribution in [0.1, 0.15) is 23.2 Å². The number of carbonyl (C=O) groups excluding carboxylic acids is 1. The highest BCUT2D eigenvalue weighted by Gasteiger charge is 2.24. The van der Waals surface area contributed by atoms with E-state index in [-0.39, 0.29) is 17.7 Å². The number of hydrogen-bond acceptors (Lipinski definition) is 4. The first-order valence-electron chi connectivity index (χ1n) is 8.48. The van der Waals surface area contributed by atoms with Gasteiger partial charge >= 0.3 is 6.61 Å². The van der Waals surface area contributed by atoms with E-state index >= 15 is 0 Å². The van der Waals surface area contributed by atoms with Gasteiger partial charge in [0, 0.05) is 24.8 Å². The summed E-state index contributed by atoms with van der Waals surface area (Å²) in [6.07, 6.45) is 1.82. The number of nitrogens with one attached hydrogen (secondary N) is 1. The normalized spacial score (nSPS) is 17.2. The molecular formula is C19H21F2N3O2. The summed E-state index contributed by atoms with van der Waals surface area (Å²) >= 11 is 0. The molecule has 1 unspecified atom stereocenters. The number of halogens is 2. The van der Waals surface area contributed by atoms with Crippen molar-refractivity contribution in [3.05, 3.63) is 54.1 Å². The number of amides is 1. The third-order valence-corrected chi connectivity index (χ3v) is 4.26. The summed E-state index contributed by atoms with van der Waals surface area (Å²) in [5.41, 5.74) is 7.85. The lowest BCUT2D eigenvalue weighted by atomic mass is 10.0. The van der Waals surface area contributed by atoms with Gasteiger partial charge in [-0.1, -0.05) is 12.1 Å². The summed E-state index contributed by atoms with van der Waals surface area (Å²) in [5.74, 6) is 0.0121. The summed E-state index contributed by atoms with van der Waals surface area (Å²) in [5, 5.41) is 3.16. The fourth-order valence-corrected chi connectivity index (χ4v) is 3.02. The molecule has 0 bridgehead atoms. The van der Waals surface area contributed by atoms with Gasteiger partial charge in [0.2, 0.25) is 0 Å². The van der Waals surface area contributed by atoms with Gasteiger partial charge in [0.25, 0.3) is 5.91 Å². The Kier molecular flexibility index (Phi) is 5.68. The van der Waals surface area contributed by atoms with Gasteiger partial charge in [0.05, 0.1) is 11.3 Å². The van der Waals surface area contributed by atoms with Crippen LogP contribution in [0.3, 0.4) is 0 Å². The van der Waals surface area contributed by atoms with Gasteiger partial charge < -0.3 is 20.7 Å². The van der Waals surface area contributed by atoms with E-state index in [1.54, 1.807) is 29.2 Å². The lowest BCUT2D eigenvalue weighted by Crippen LogP contribution is -2.45. The average Bonchev–Trinajstić information content (AvgIpc) is 2.63. The number of piperidine rings is 1. The van der Waals surface area contributed by atoms with E-state index in [0.717, 1.165) is 12.8 Å². The first-order chi connectivity index (χ1) is 12.5. The second kappa shape index (κ2) is 8.14. The van der Waals surface area contributed by atoms with Crippen molar-refractivity contribution in [2.75, 3.05) is 18.4 Å². The molecule has 0 radical (unpaired) electrons. The van der Waals surface area contributed by atoms with Gasteiger partial charge in [-0.3, -0.25) is 4.79 Å². The van der Waals surface area contributed by atoms with E-state index in [9.17, 15) is 13.6 Å². The minimum Gasteiger partial charge on any atom is -0.435 e. The standard InChI is InChI=1S/C19H21F2N3O2/c20-19(21)26-15-9-7-14(8-10-15)23-17-6-2-1-5-16(17)18(25)24-11-3-4-13(22)12-24/h1-2,5-10,13,19,23H,3-4,11-12,22H2. The molecule has 1 heterocycles. The second-order valence-corrected chi connectivity index (χ2v) is 6.23. The Morgan fingerprint density at radius 2 is 1.92 bits per heavy atom. The molecular weight excluding hydrogens is 340 g/mol. The summed E-state index contributed by atoms with van der Waals surface area (Å²) in [4.78, 5) is 14.6. The molecule has 1 fully saturated rings. The Balaban J connectivity index is 1.75. The maximum Gasteiger partial charge on any atom is 0.387 e. The summed E-state index contributed by atoms with van der Waals surface area (Å²) in [6.45, 7) is -1.61. The highest BCUT2D eigenvalue weighted by Crippen LogP contribution is 2.25. The molecule has 26 heavy (non-hydrogen) atoms. The first-order valence-corrected chi connectivity index (χ1v) is 8.48. The molecule has 1 aliphatic rings. The van der Waals surface area contributed by atoms with Crippen molar-refractivity contribution in [2.45, 2.75) is 25.5 Å². The van der Waals surface area contributed by atoms with E-state index < -0.39 is 6.61 Å². The van der Waals surface area contributed by atoms with Crippen LogP contribution in [-0.2, 0) is 0 Å². The smallest absolute Gasteiger partial charge is 0.387 e. The molecule has 1 amide bonds. The molecule has 5 nitrogen and oxygen atoms in total. The Morgan fingerprint density at radius 3 is 2.62 bits per heavy atom. The summed E-state index contributed by atoms with van der Waals surface area (Å²) in [6, 6.07) is 13.4. The zero-order valence-electron chi connectivity index (χ0n) is 14.2. The summed E-state index contributed by atoms with van der Waals surface area (Å²) in [7, 11) is 0. The zero-order chi connectivity index (χ0) is 18.5. The minimum atomic E-state index is -2.86. The molecule has 2 aromatic rings. The SMILES string of the molecule is NC1CCCN(C(=O)c2ccccc2Nc2ccc(OC(F)F)cc2)C1. The predicted molar refractivity (Wildman–Crippen MR) is 95.9 cm³/mol. The van der Waals surface area contributed by atoms with Crippen molar-refractivity contribution in [2.24, 2.45) is 5.73 Å². The third-order valence-electron chi connectivity index (χ3n) is 4.26. The Hall–Kier alpha value is -2.67. The number of benzene rings is 2. The number of likely N-dealkylation sites (tertiary alicyclic amines) is 1. The van der Waals surface area contributed by atoms with Gasteiger partial charge in [0.1, 0.15) is 5.75 Å². The molecule has 3 N–H and O–H groups in total. The highest BCUT2D eigenvalue weighted by molar-refractivity contribution is 6.00. The molecule has 3 rings (SSSR count). The number of alkyl halides is 2. The molecule has 7 heteroatoms. The molecule has 0 aromatic heterocycles. The van der Waals surface area contributed by atoms with Crippen LogP contribution in [0.5, 0.6) is 5.75 Å². The van der Waals surface area contributed by atoms with Gasteiger partial charge in [-0.2, -0.15) is 8.78 Å². The Morgan fingerprint density at radius 1 is 1.19 bits per heavy atom. The van der Waals surface area contributed by atoms with Gasteiger partial charge in [-0.25, -0.2) is 0 Å². The topological polar surface area (TPSA) is 67.6 Å². The average molecular weight is 361 g/mol. The van der Waals surface area contributed by atoms with Gasteiger partial charge in [-0.15, -0.1) is 0 Å². The maximum absolute atomic E-state index is 12.9. The number of ether oxygens (including phenoxy) is 1. The van der Waals surface area contributed by atoms with Crippen molar-refractivity contribution in [1.82, 2.24) is 4.90 Å². The number of rotatable bonds is 5. The molecule has 1 saturated heterocycles. The maximum atomic E-state index is 12.9. The number of carbonyl (C=O) groups is 1. The minimum absolute atomic E-state index is 0.00944. The van der Waals surface area contributed by atoms with E-state index in [4.69, 9.17) is 5.73 Å². The highest BCUT2D eigenvalue weighted by atomic mass is 19.3. The molecule has 138 valence electrons. The second-order valence-electron chi connectivity index (χ2n) is 6.23. The number of hydrogen-bond donors (Lipinski definition) is 2. The van der Waals surface area contributed by atoms with Crippen LogP contribution in [0.4, 0.5) is 20.2 Å². The molecule has 0 aliphatic carbocycles. The molecule has 0 saturated carbocycles. The quantitative estimate of drug-likeness (QED) is 0.854. The van der Waals surface area contributed by atoms with Crippen LogP contribution in [0.25, 0.3) is 0 Å². The van der Waals surface area contributed by atoms with Crippen LogP contribution in [0.2, 0.25) is 0 Å². The Bertz CT molecular complexity index is 753. The zero-order valence-corrected chi connectivity index (χ0v) is 14.2. The van der Waals surface area contributed by atoms with Crippen LogP contribution >= 0.6 is 0 Å². The van der Waals surface area contributed by atoms with Crippen molar-refractivity contribution < 1.29 is 18.3 Å². The van der Waals surface area contributed by atoms with Crippen molar-refractivity contribution in [3.63, 3.8) is 0 Å².